The number of nitrogens with zero attached hydrogens (tertiary/aromatic N) is 9. The van der Waals surface area contributed by atoms with Crippen LogP contribution in [0.3, 0.4) is 0 Å². The molecule has 82 heavy (non-hydrogen) atoms. The Morgan fingerprint density at radius 3 is 1.40 bits per heavy atom. The number of aromatic nitrogens is 6. The summed E-state index contributed by atoms with van der Waals surface area (Å²) in [5.41, 5.74) is 9.11. The van der Waals surface area contributed by atoms with Crippen molar-refractivity contribution in [2.24, 2.45) is 0 Å². The van der Waals surface area contributed by atoms with Crippen LogP contribution in [0.4, 0.5) is 0 Å². The Bertz CT molecular complexity index is 4200. The lowest BCUT2D eigenvalue weighted by Gasteiger charge is -2.25. The molecule has 11 rings (SSSR count). The van der Waals surface area contributed by atoms with E-state index in [4.69, 9.17) is 71.1 Å². The van der Waals surface area contributed by atoms with Gasteiger partial charge in [-0.2, -0.15) is 10.5 Å². The Morgan fingerprint density at radius 1 is 0.549 bits per heavy atom. The quantitative estimate of drug-likeness (QED) is 0.0653. The smallest absolute Gasteiger partial charge is 0.328 e. The van der Waals surface area contributed by atoms with E-state index in [9.17, 15) is 10.5 Å². The van der Waals surface area contributed by atoms with Crippen molar-refractivity contribution < 1.29 is 4.74 Å². The largest absolute Gasteiger partial charge is 0.494 e. The normalized spacial score (nSPS) is 12.2. The Hall–Kier alpha value is -8.19. The molecule has 0 aliphatic carbocycles. The summed E-state index contributed by atoms with van der Waals surface area (Å²) in [5, 5.41) is 28.3. The van der Waals surface area contributed by atoms with Crippen molar-refractivity contribution in [1.82, 2.24) is 33.8 Å². The van der Waals surface area contributed by atoms with Crippen molar-refractivity contribution in [3.63, 3.8) is 0 Å². The summed E-state index contributed by atoms with van der Waals surface area (Å²) in [5.74, 6) is 0.390. The van der Waals surface area contributed by atoms with Gasteiger partial charge in [-0.1, -0.05) is 229 Å². The summed E-state index contributed by atoms with van der Waals surface area (Å²) in [4.78, 5) is 22.6. The predicted molar refractivity (Wildman–Crippen MR) is 339 cm³/mol. The maximum absolute atomic E-state index is 12.2. The number of nitriles is 2. The van der Waals surface area contributed by atoms with Crippen molar-refractivity contribution in [1.29, 1.82) is 10.5 Å². The molecule has 11 aromatic rings. The van der Waals surface area contributed by atoms with Crippen LogP contribution in [0.2, 0.25) is 20.1 Å². The zero-order valence-electron chi connectivity index (χ0n) is 45.5. The molecule has 0 unspecified atom stereocenters. The number of ether oxygens (including phenoxy) is 1. The Labute approximate surface area is 497 Å². The SMILES string of the molecule is CCN(CC)CCCOc1cccc(-c2c3/c(=C(\C#N)c4cnc5cc(Cl)c(Cl)cc5n4)n(B(c4ccccc4)c4ccccc4)c(C(C)C)c3/c(=C(\C#N)c3cnc4cc(Cl)c(Cl)cc4n3)n2B(c2ccccc2)c2ccccc2)c1. The van der Waals surface area contributed by atoms with Crippen LogP contribution >= 0.6 is 46.4 Å². The van der Waals surface area contributed by atoms with Crippen LogP contribution in [0.15, 0.2) is 182 Å². The lowest BCUT2D eigenvalue weighted by Crippen LogP contribution is -2.54. The van der Waals surface area contributed by atoms with E-state index in [2.05, 4.69) is 114 Å². The molecule has 0 aliphatic rings. The van der Waals surface area contributed by atoms with Gasteiger partial charge < -0.3 is 18.6 Å². The number of hydrogen-bond donors (Lipinski definition) is 0. The second-order valence-electron chi connectivity index (χ2n) is 20.3. The molecule has 0 saturated heterocycles. The van der Waals surface area contributed by atoms with Gasteiger partial charge in [0.05, 0.1) is 71.9 Å². The third-order valence-electron chi connectivity index (χ3n) is 15.0. The minimum absolute atomic E-state index is 0.231. The number of rotatable bonds is 17. The van der Waals surface area contributed by atoms with Crippen LogP contribution in [0.1, 0.15) is 57.1 Å². The van der Waals surface area contributed by atoms with Gasteiger partial charge in [0.2, 0.25) is 0 Å². The summed E-state index contributed by atoms with van der Waals surface area (Å²) in [6, 6.07) is 61.4. The molecule has 0 saturated carbocycles. The molecule has 0 N–H and O–H groups in total. The molecular weight excluding hydrogens is 1100 g/mol. The molecule has 402 valence electrons. The monoisotopic (exact) mass is 1150 g/mol. The highest BCUT2D eigenvalue weighted by Gasteiger charge is 2.37. The first kappa shape index (κ1) is 55.7. The van der Waals surface area contributed by atoms with Gasteiger partial charge in [-0.05, 0) is 61.8 Å². The lowest BCUT2D eigenvalue weighted by atomic mass is 9.50. The van der Waals surface area contributed by atoms with Crippen LogP contribution in [0.25, 0.3) is 55.2 Å². The van der Waals surface area contributed by atoms with E-state index >= 15 is 0 Å². The van der Waals surface area contributed by atoms with Crippen molar-refractivity contribution >= 4 is 126 Å². The second kappa shape index (κ2) is 24.5. The summed E-state index contributed by atoms with van der Waals surface area (Å²) in [6.45, 7) is 10.8. The molecule has 10 nitrogen and oxygen atoms in total. The average Bonchev–Trinajstić information content (AvgIpc) is 3.04. The van der Waals surface area contributed by atoms with Gasteiger partial charge in [0.25, 0.3) is 0 Å². The lowest BCUT2D eigenvalue weighted by molar-refractivity contribution is 0.249. The molecule has 0 spiro atoms. The van der Waals surface area contributed by atoms with E-state index in [-0.39, 0.29) is 17.1 Å². The fourth-order valence-electron chi connectivity index (χ4n) is 11.3. The fraction of sp³-hybridized carbons (Fsp3) is 0.152. The topological polar surface area (TPSA) is 121 Å². The molecule has 0 aliphatic heterocycles. The number of hydrogen-bond acceptors (Lipinski definition) is 8. The van der Waals surface area contributed by atoms with E-state index in [0.717, 1.165) is 64.5 Å². The van der Waals surface area contributed by atoms with Crippen LogP contribution in [-0.4, -0.2) is 73.7 Å². The molecule has 7 aromatic carbocycles. The number of benzene rings is 7. The van der Waals surface area contributed by atoms with Crippen molar-refractivity contribution in [3.05, 3.63) is 230 Å². The van der Waals surface area contributed by atoms with Gasteiger partial charge in [0.15, 0.2) is 0 Å². The fourth-order valence-corrected chi connectivity index (χ4v) is 11.9. The molecule has 4 aromatic heterocycles. The second-order valence-corrected chi connectivity index (χ2v) is 21.9. The first-order chi connectivity index (χ1) is 40.0. The van der Waals surface area contributed by atoms with E-state index in [1.54, 1.807) is 36.7 Å². The van der Waals surface area contributed by atoms with Crippen molar-refractivity contribution in [2.45, 2.75) is 40.0 Å². The van der Waals surface area contributed by atoms with E-state index in [1.807, 2.05) is 84.9 Å². The van der Waals surface area contributed by atoms with Gasteiger partial charge in [-0.25, -0.2) is 9.97 Å². The first-order valence-electron chi connectivity index (χ1n) is 27.3. The molecular formula is C66H53B2Cl4N9O. The van der Waals surface area contributed by atoms with Crippen molar-refractivity contribution in [2.75, 3.05) is 26.2 Å². The average molecular weight is 1150 g/mol. The van der Waals surface area contributed by atoms with Gasteiger partial charge >= 0.3 is 13.7 Å². The van der Waals surface area contributed by atoms with E-state index in [0.29, 0.717) is 87.7 Å². The maximum atomic E-state index is 12.2. The molecule has 4 heterocycles. The summed E-state index contributed by atoms with van der Waals surface area (Å²) >= 11 is 26.5. The summed E-state index contributed by atoms with van der Waals surface area (Å²) < 4.78 is 11.3. The van der Waals surface area contributed by atoms with Gasteiger partial charge in [0, 0.05) is 34.3 Å². The highest BCUT2D eigenvalue weighted by molar-refractivity contribution is 6.85. The Kier molecular flexibility index (Phi) is 16.6. The molecule has 0 fully saturated rings. The predicted octanol–water partition coefficient (Wildman–Crippen LogP) is 11.6. The van der Waals surface area contributed by atoms with Gasteiger partial charge in [0.1, 0.15) is 40.4 Å². The third kappa shape index (κ3) is 10.8. The third-order valence-corrected chi connectivity index (χ3v) is 16.4. The molecule has 0 amide bonds. The van der Waals surface area contributed by atoms with Gasteiger partial charge in [-0.15, -0.1) is 0 Å². The highest BCUT2D eigenvalue weighted by atomic mass is 35.5. The standard InChI is InChI=1S/C66H53B2Cl4N9O/c1-5-79(6-2)31-20-32-82-48-30-19-21-43(33-48)64-62-61(65(49(38-73)59-40-75-55-34-51(69)53(71)36-57(55)77-59)81(64)68(46-26-15-9-16-27-46)47-28-17-10-18-29-47)63(42(3)4)80(67(44-22-11-7-12-23-44)45-24-13-8-14-25-45)66(62)50(39-74)60-41-76-56-35-52(70)54(72)37-58(56)78-60/h7-19,21-30,33-37,40-42H,5-6,20,31-32H2,1-4H3/b65-49-,66-50-. The Morgan fingerprint density at radius 2 is 0.976 bits per heavy atom. The molecule has 0 bridgehead atoms. The minimum atomic E-state index is -0.596. The number of fused-ring (bicyclic) bond motifs is 3. The van der Waals surface area contributed by atoms with Crippen LogP contribution in [-0.2, 0) is 0 Å². The minimum Gasteiger partial charge on any atom is -0.494 e. The zero-order valence-corrected chi connectivity index (χ0v) is 48.6. The molecule has 16 heteroatoms. The van der Waals surface area contributed by atoms with Gasteiger partial charge in [-0.3, -0.25) is 9.97 Å². The molecule has 0 atom stereocenters. The van der Waals surface area contributed by atoms with Crippen LogP contribution in [0.5, 0.6) is 5.75 Å². The first-order valence-corrected chi connectivity index (χ1v) is 28.8. The Balaban J connectivity index is 1.43. The molecule has 0 radical (unpaired) electrons. The summed E-state index contributed by atoms with van der Waals surface area (Å²) in [6.07, 6.45) is 4.07. The van der Waals surface area contributed by atoms with E-state index in [1.165, 1.54) is 0 Å². The maximum Gasteiger partial charge on any atom is 0.328 e. The van der Waals surface area contributed by atoms with E-state index < -0.39 is 13.7 Å². The zero-order chi connectivity index (χ0) is 57.0. The van der Waals surface area contributed by atoms with Crippen LogP contribution < -0.4 is 37.3 Å². The number of halogens is 4. The van der Waals surface area contributed by atoms with Crippen molar-refractivity contribution in [3.8, 4) is 29.1 Å². The van der Waals surface area contributed by atoms with Crippen LogP contribution in [0, 0.1) is 22.7 Å². The summed E-state index contributed by atoms with van der Waals surface area (Å²) in [7, 11) is 0. The highest BCUT2D eigenvalue weighted by Crippen LogP contribution is 2.37.